The van der Waals surface area contributed by atoms with Crippen LogP contribution in [0.5, 0.6) is 0 Å². The zero-order valence-electron chi connectivity index (χ0n) is 22.7. The van der Waals surface area contributed by atoms with Crippen molar-refractivity contribution in [2.24, 2.45) is 0 Å². The van der Waals surface area contributed by atoms with Crippen LogP contribution in [0.3, 0.4) is 0 Å². The zero-order valence-corrected chi connectivity index (χ0v) is 24.4. The molecule has 0 radical (unpaired) electrons. The monoisotopic (exact) mass is 598 g/mol. The summed E-state index contributed by atoms with van der Waals surface area (Å²) in [6.45, 7) is -1.79. The van der Waals surface area contributed by atoms with Crippen LogP contribution in [0.1, 0.15) is 18.9 Å². The number of ether oxygens (including phenoxy) is 1. The standard InChI is InChI=1S/C32H27N2O6PS/c1-23(35)42-30-21-29(36)33(30)31(32(37)40-22-24-17-19-25(20-18-24)34(38)39)41(26-11-5-2-6-12-26,27-13-7-3-8-14-27)28-15-9-4-10-16-28/h2-20,30H,21-22H2,1H3. The number of hydrogen-bond acceptors (Lipinski definition) is 7. The first-order valence-corrected chi connectivity index (χ1v) is 15.8. The summed E-state index contributed by atoms with van der Waals surface area (Å²) < 4.78 is 5.91. The molecule has 0 aromatic heterocycles. The van der Waals surface area contributed by atoms with E-state index in [0.29, 0.717) is 5.56 Å². The fourth-order valence-corrected chi connectivity index (χ4v) is 10.4. The molecular weight excluding hydrogens is 571 g/mol. The Morgan fingerprint density at radius 2 is 1.33 bits per heavy atom. The fraction of sp³-hybridized carbons (Fsp3) is 0.125. The van der Waals surface area contributed by atoms with Crippen LogP contribution in [-0.2, 0) is 25.7 Å². The van der Waals surface area contributed by atoms with Crippen LogP contribution < -0.4 is 15.9 Å². The fourth-order valence-electron chi connectivity index (χ4n) is 5.02. The number of thioether (sulfide) groups is 1. The lowest BCUT2D eigenvalue weighted by Gasteiger charge is -2.44. The van der Waals surface area contributed by atoms with Gasteiger partial charge in [0.15, 0.2) is 5.12 Å². The molecule has 0 bridgehead atoms. The molecule has 4 aromatic carbocycles. The van der Waals surface area contributed by atoms with E-state index in [1.165, 1.54) is 36.1 Å². The highest BCUT2D eigenvalue weighted by Gasteiger charge is 2.48. The topological polar surface area (TPSA) is 107 Å². The molecule has 1 atom stereocenters. The predicted molar refractivity (Wildman–Crippen MR) is 167 cm³/mol. The summed E-state index contributed by atoms with van der Waals surface area (Å²) in [6.07, 6.45) is 0.113. The quantitative estimate of drug-likeness (QED) is 0.0912. The van der Waals surface area contributed by atoms with E-state index in [-0.39, 0.29) is 35.2 Å². The van der Waals surface area contributed by atoms with Crippen LogP contribution in [-0.4, -0.2) is 37.6 Å². The summed E-state index contributed by atoms with van der Waals surface area (Å²) >= 11 is 1.01. The first-order valence-electron chi connectivity index (χ1n) is 13.2. The summed E-state index contributed by atoms with van der Waals surface area (Å²) in [5, 5.41) is 12.9. The van der Waals surface area contributed by atoms with Gasteiger partial charge in [0.05, 0.1) is 16.7 Å². The molecule has 1 heterocycles. The summed E-state index contributed by atoms with van der Waals surface area (Å²) in [5.41, 5.74) is 0.666. The molecule has 1 aliphatic rings. The third-order valence-corrected chi connectivity index (χ3v) is 12.1. The molecule has 1 saturated heterocycles. The number of benzene rings is 4. The van der Waals surface area contributed by atoms with Gasteiger partial charge in [0, 0.05) is 25.9 Å². The number of esters is 1. The number of hydrogen-bond donors (Lipinski definition) is 0. The van der Waals surface area contributed by atoms with Crippen LogP contribution in [0.25, 0.3) is 0 Å². The van der Waals surface area contributed by atoms with E-state index in [0.717, 1.165) is 27.7 Å². The maximum Gasteiger partial charge on any atom is 0.356 e. The Kier molecular flexibility index (Phi) is 8.71. The van der Waals surface area contributed by atoms with E-state index in [2.05, 4.69) is 0 Å². The van der Waals surface area contributed by atoms with Crippen molar-refractivity contribution in [1.29, 1.82) is 0 Å². The number of β-lactam (4-membered cyclic amide) rings is 1. The molecule has 0 saturated carbocycles. The molecule has 0 N–H and O–H groups in total. The molecular formula is C32H27N2O6PS. The first-order chi connectivity index (χ1) is 20.3. The molecule has 10 heteroatoms. The highest BCUT2D eigenvalue weighted by molar-refractivity contribution is 8.14. The maximum atomic E-state index is 14.4. The number of likely N-dealkylation sites (tertiary alicyclic amines) is 1. The third kappa shape index (κ3) is 5.66. The van der Waals surface area contributed by atoms with Gasteiger partial charge in [-0.25, -0.2) is 4.79 Å². The van der Waals surface area contributed by atoms with Crippen molar-refractivity contribution >= 4 is 62.7 Å². The molecule has 4 aromatic rings. The molecule has 42 heavy (non-hydrogen) atoms. The van der Waals surface area contributed by atoms with E-state index >= 15 is 0 Å². The Balaban J connectivity index is 1.78. The highest BCUT2D eigenvalue weighted by Crippen LogP contribution is 2.49. The zero-order chi connectivity index (χ0) is 29.7. The summed E-state index contributed by atoms with van der Waals surface area (Å²) in [6, 6.07) is 34.5. The van der Waals surface area contributed by atoms with Gasteiger partial charge in [0.25, 0.3) is 5.69 Å². The number of rotatable bonds is 9. The van der Waals surface area contributed by atoms with Crippen LogP contribution >= 0.6 is 18.6 Å². The van der Waals surface area contributed by atoms with Gasteiger partial charge in [-0.05, 0) is 33.6 Å². The van der Waals surface area contributed by atoms with Crippen molar-refractivity contribution in [2.75, 3.05) is 0 Å². The number of non-ortho nitro benzene ring substituents is 1. The SMILES string of the molecule is CC(=O)SC1CC(=O)N1C(C(=O)OCc1ccc([N+](=O)[O-])cc1)=P(c1ccccc1)(c1ccccc1)c1ccccc1. The second-order valence-electron chi connectivity index (χ2n) is 9.53. The average Bonchev–Trinajstić information content (AvgIpc) is 3.01. The largest absolute Gasteiger partial charge is 0.456 e. The molecule has 8 nitrogen and oxygen atoms in total. The summed E-state index contributed by atoms with van der Waals surface area (Å²) in [4.78, 5) is 52.1. The van der Waals surface area contributed by atoms with Crippen molar-refractivity contribution in [3.63, 3.8) is 0 Å². The van der Waals surface area contributed by atoms with E-state index in [1.807, 2.05) is 91.0 Å². The number of nitrogens with zero attached hydrogens (tertiary/aromatic N) is 2. The van der Waals surface area contributed by atoms with Crippen molar-refractivity contribution in [3.8, 4) is 0 Å². The Labute approximate surface area is 247 Å². The molecule has 1 unspecified atom stereocenters. The number of amides is 1. The highest BCUT2D eigenvalue weighted by atomic mass is 32.2. The Morgan fingerprint density at radius 3 is 1.74 bits per heavy atom. The van der Waals surface area contributed by atoms with Crippen molar-refractivity contribution < 1.29 is 24.0 Å². The minimum atomic E-state index is -3.07. The maximum absolute atomic E-state index is 14.4. The molecule has 212 valence electrons. The minimum absolute atomic E-state index is 0.0743. The Bertz CT molecular complexity index is 1580. The third-order valence-electron chi connectivity index (χ3n) is 6.88. The number of carbonyl (C=O) groups excluding carboxylic acids is 3. The number of carbonyl (C=O) groups is 3. The molecule has 0 spiro atoms. The lowest BCUT2D eigenvalue weighted by Crippen LogP contribution is -2.58. The molecule has 5 rings (SSSR count). The second kappa shape index (κ2) is 12.6. The van der Waals surface area contributed by atoms with Gasteiger partial charge < -0.3 is 4.74 Å². The minimum Gasteiger partial charge on any atom is -0.456 e. The van der Waals surface area contributed by atoms with Crippen LogP contribution in [0, 0.1) is 10.1 Å². The lowest BCUT2D eigenvalue weighted by molar-refractivity contribution is -0.384. The van der Waals surface area contributed by atoms with Gasteiger partial charge in [-0.15, -0.1) is 0 Å². The van der Waals surface area contributed by atoms with E-state index in [4.69, 9.17) is 4.74 Å². The van der Waals surface area contributed by atoms with Crippen LogP contribution in [0.2, 0.25) is 0 Å². The summed E-state index contributed by atoms with van der Waals surface area (Å²) in [5.74, 6) is -0.969. The predicted octanol–water partition coefficient (Wildman–Crippen LogP) is 4.60. The molecule has 1 aliphatic heterocycles. The lowest BCUT2D eigenvalue weighted by atomic mass is 10.2. The van der Waals surface area contributed by atoms with E-state index in [9.17, 15) is 24.5 Å². The summed E-state index contributed by atoms with van der Waals surface area (Å²) in [7, 11) is 0. The average molecular weight is 599 g/mol. The van der Waals surface area contributed by atoms with Gasteiger partial charge >= 0.3 is 5.97 Å². The number of nitro groups is 1. The van der Waals surface area contributed by atoms with Gasteiger partial charge in [0.2, 0.25) is 5.91 Å². The van der Waals surface area contributed by atoms with Crippen molar-refractivity contribution in [2.45, 2.75) is 25.3 Å². The molecule has 1 fully saturated rings. The Morgan fingerprint density at radius 1 is 0.857 bits per heavy atom. The van der Waals surface area contributed by atoms with Gasteiger partial charge in [0.1, 0.15) is 12.0 Å². The van der Waals surface area contributed by atoms with Crippen LogP contribution in [0.15, 0.2) is 115 Å². The van der Waals surface area contributed by atoms with Gasteiger partial charge in [-0.2, -0.15) is 0 Å². The normalized spacial score (nSPS) is 14.5. The van der Waals surface area contributed by atoms with Crippen molar-refractivity contribution in [1.82, 2.24) is 4.90 Å². The van der Waals surface area contributed by atoms with E-state index in [1.54, 1.807) is 0 Å². The molecule has 1 amide bonds. The second-order valence-corrected chi connectivity index (χ2v) is 14.2. The Hall–Kier alpha value is -4.46. The van der Waals surface area contributed by atoms with Gasteiger partial charge in [-0.3, -0.25) is 24.6 Å². The van der Waals surface area contributed by atoms with Crippen LogP contribution in [0.4, 0.5) is 5.69 Å². The molecule has 0 aliphatic carbocycles. The first kappa shape index (κ1) is 29.0. The number of nitro benzene ring substituents is 1. The smallest absolute Gasteiger partial charge is 0.356 e. The van der Waals surface area contributed by atoms with E-state index < -0.39 is 23.2 Å². The van der Waals surface area contributed by atoms with Gasteiger partial charge in [-0.1, -0.05) is 103 Å². The van der Waals surface area contributed by atoms with Crippen molar-refractivity contribution in [3.05, 3.63) is 131 Å².